The van der Waals surface area contributed by atoms with Crippen molar-refractivity contribution in [1.29, 1.82) is 0 Å². The molecule has 1 aromatic carbocycles. The van der Waals surface area contributed by atoms with E-state index in [2.05, 4.69) is 23.2 Å². The van der Waals surface area contributed by atoms with Gasteiger partial charge in [0.1, 0.15) is 0 Å². The molecule has 1 nitrogen and oxygen atoms in total. The lowest BCUT2D eigenvalue weighted by atomic mass is 10.1. The van der Waals surface area contributed by atoms with E-state index in [1.807, 2.05) is 37.4 Å². The second-order valence-corrected chi connectivity index (χ2v) is 3.05. The maximum Gasteiger partial charge on any atom is 0.0373 e. The van der Waals surface area contributed by atoms with Gasteiger partial charge in [-0.05, 0) is 18.6 Å². The summed E-state index contributed by atoms with van der Waals surface area (Å²) in [6.07, 6.45) is 1.91. The van der Waals surface area contributed by atoms with E-state index in [0.29, 0.717) is 0 Å². The van der Waals surface area contributed by atoms with Crippen molar-refractivity contribution in [1.82, 2.24) is 4.98 Å². The summed E-state index contributed by atoms with van der Waals surface area (Å²) in [6, 6.07) is 14.4. The van der Waals surface area contributed by atoms with Crippen molar-refractivity contribution in [2.24, 2.45) is 0 Å². The molecule has 0 unspecified atom stereocenters. The second-order valence-electron chi connectivity index (χ2n) is 3.05. The molecule has 0 amide bonds. The van der Waals surface area contributed by atoms with Gasteiger partial charge in [-0.15, -0.1) is 0 Å². The number of benzene rings is 1. The van der Waals surface area contributed by atoms with Crippen molar-refractivity contribution in [3.8, 4) is 11.1 Å². The summed E-state index contributed by atoms with van der Waals surface area (Å²) in [5.74, 6) is 0. The third-order valence-corrected chi connectivity index (χ3v) is 2.02. The molecule has 1 heteroatoms. The summed E-state index contributed by atoms with van der Waals surface area (Å²) < 4.78 is 0. The predicted molar refractivity (Wildman–Crippen MR) is 54.4 cm³/mol. The number of nitrogens with zero attached hydrogens (tertiary/aromatic N) is 1. The normalized spacial score (nSPS) is 9.92. The van der Waals surface area contributed by atoms with E-state index in [9.17, 15) is 0 Å². The highest BCUT2D eigenvalue weighted by molar-refractivity contribution is 5.61. The third kappa shape index (κ3) is 1.75. The van der Waals surface area contributed by atoms with Crippen LogP contribution in [0, 0.1) is 6.92 Å². The minimum atomic E-state index is 1.06. The van der Waals surface area contributed by atoms with Gasteiger partial charge in [-0.25, -0.2) is 0 Å². The first-order valence-electron chi connectivity index (χ1n) is 4.34. The van der Waals surface area contributed by atoms with E-state index in [-0.39, 0.29) is 0 Å². The van der Waals surface area contributed by atoms with E-state index < -0.39 is 0 Å². The van der Waals surface area contributed by atoms with E-state index >= 15 is 0 Å². The lowest BCUT2D eigenvalue weighted by Crippen LogP contribution is -1.81. The Balaban J connectivity index is 2.42. The van der Waals surface area contributed by atoms with Gasteiger partial charge >= 0.3 is 0 Å². The summed E-state index contributed by atoms with van der Waals surface area (Å²) in [6.45, 7) is 1.99. The highest BCUT2D eigenvalue weighted by Gasteiger charge is 1.94. The molecular weight excluding hydrogens is 158 g/mol. The Morgan fingerprint density at radius 2 is 1.62 bits per heavy atom. The maximum atomic E-state index is 4.26. The molecule has 0 spiro atoms. The molecule has 0 atom stereocenters. The molecular formula is C12H11N. The standard InChI is InChI=1S/C12H11N/c1-10-7-8-12(9-13-10)11-5-3-2-4-6-11/h2-9H,1H3. The summed E-state index contributed by atoms with van der Waals surface area (Å²) in [5.41, 5.74) is 3.45. The van der Waals surface area contributed by atoms with Crippen molar-refractivity contribution in [2.45, 2.75) is 6.92 Å². The number of rotatable bonds is 1. The monoisotopic (exact) mass is 169 g/mol. The Morgan fingerprint density at radius 3 is 2.23 bits per heavy atom. The van der Waals surface area contributed by atoms with Gasteiger partial charge in [-0.1, -0.05) is 36.4 Å². The van der Waals surface area contributed by atoms with Crippen LogP contribution in [0.5, 0.6) is 0 Å². The summed E-state index contributed by atoms with van der Waals surface area (Å²) >= 11 is 0. The molecule has 13 heavy (non-hydrogen) atoms. The molecule has 0 fully saturated rings. The minimum absolute atomic E-state index is 1.06. The van der Waals surface area contributed by atoms with Crippen molar-refractivity contribution < 1.29 is 0 Å². The van der Waals surface area contributed by atoms with Gasteiger partial charge in [-0.3, -0.25) is 4.98 Å². The highest BCUT2D eigenvalue weighted by Crippen LogP contribution is 2.17. The van der Waals surface area contributed by atoms with Gasteiger partial charge in [0, 0.05) is 17.5 Å². The van der Waals surface area contributed by atoms with E-state index in [4.69, 9.17) is 0 Å². The molecule has 0 aliphatic carbocycles. The average molecular weight is 169 g/mol. The van der Waals surface area contributed by atoms with Gasteiger partial charge in [-0.2, -0.15) is 0 Å². The molecule has 0 N–H and O–H groups in total. The molecule has 0 saturated heterocycles. The van der Waals surface area contributed by atoms with Crippen LogP contribution in [-0.4, -0.2) is 4.98 Å². The SMILES string of the molecule is Cc1ccc(-c2ccccc2)cn1. The van der Waals surface area contributed by atoms with Gasteiger partial charge in [0.2, 0.25) is 0 Å². The quantitative estimate of drug-likeness (QED) is 0.639. The van der Waals surface area contributed by atoms with Gasteiger partial charge in [0.25, 0.3) is 0 Å². The fourth-order valence-corrected chi connectivity index (χ4v) is 1.27. The van der Waals surface area contributed by atoms with Crippen molar-refractivity contribution >= 4 is 0 Å². The fourth-order valence-electron chi connectivity index (χ4n) is 1.27. The van der Waals surface area contributed by atoms with Crippen molar-refractivity contribution in [3.63, 3.8) is 0 Å². The summed E-state index contributed by atoms with van der Waals surface area (Å²) in [4.78, 5) is 4.26. The molecule has 64 valence electrons. The summed E-state index contributed by atoms with van der Waals surface area (Å²) in [5, 5.41) is 0. The second kappa shape index (κ2) is 3.40. The fraction of sp³-hybridized carbons (Fsp3) is 0.0833. The number of aromatic nitrogens is 1. The Hall–Kier alpha value is -1.63. The molecule has 1 aromatic heterocycles. The van der Waals surface area contributed by atoms with Crippen LogP contribution in [0.15, 0.2) is 48.7 Å². The Bertz CT molecular complexity index is 376. The lowest BCUT2D eigenvalue weighted by molar-refractivity contribution is 1.20. The van der Waals surface area contributed by atoms with Gasteiger partial charge in [0.15, 0.2) is 0 Å². The first-order valence-corrected chi connectivity index (χ1v) is 4.34. The number of hydrogen-bond donors (Lipinski definition) is 0. The largest absolute Gasteiger partial charge is 0.261 e. The van der Waals surface area contributed by atoms with Crippen molar-refractivity contribution in [3.05, 3.63) is 54.4 Å². The zero-order chi connectivity index (χ0) is 9.10. The Kier molecular flexibility index (Phi) is 2.09. The molecule has 0 saturated carbocycles. The molecule has 2 aromatic rings. The lowest BCUT2D eigenvalue weighted by Gasteiger charge is -2.00. The van der Waals surface area contributed by atoms with E-state index in [1.165, 1.54) is 11.1 Å². The Morgan fingerprint density at radius 1 is 0.846 bits per heavy atom. The van der Waals surface area contributed by atoms with E-state index in [0.717, 1.165) is 5.69 Å². The highest BCUT2D eigenvalue weighted by atomic mass is 14.7. The van der Waals surface area contributed by atoms with Crippen LogP contribution < -0.4 is 0 Å². The van der Waals surface area contributed by atoms with Crippen LogP contribution in [0.2, 0.25) is 0 Å². The topological polar surface area (TPSA) is 12.9 Å². The Labute approximate surface area is 78.1 Å². The molecule has 0 aliphatic rings. The molecule has 2 rings (SSSR count). The number of aryl methyl sites for hydroxylation is 1. The van der Waals surface area contributed by atoms with E-state index in [1.54, 1.807) is 0 Å². The zero-order valence-electron chi connectivity index (χ0n) is 7.57. The first-order chi connectivity index (χ1) is 6.36. The molecule has 0 radical (unpaired) electrons. The van der Waals surface area contributed by atoms with Crippen LogP contribution in [0.1, 0.15) is 5.69 Å². The van der Waals surface area contributed by atoms with Gasteiger partial charge < -0.3 is 0 Å². The first kappa shape index (κ1) is 7.99. The van der Waals surface area contributed by atoms with Gasteiger partial charge in [0.05, 0.1) is 0 Å². The zero-order valence-corrected chi connectivity index (χ0v) is 7.57. The minimum Gasteiger partial charge on any atom is -0.261 e. The molecule has 0 aliphatic heterocycles. The van der Waals surface area contributed by atoms with Crippen LogP contribution in [-0.2, 0) is 0 Å². The number of hydrogen-bond acceptors (Lipinski definition) is 1. The predicted octanol–water partition coefficient (Wildman–Crippen LogP) is 3.06. The summed E-state index contributed by atoms with van der Waals surface area (Å²) in [7, 11) is 0. The van der Waals surface area contributed by atoms with Crippen LogP contribution >= 0.6 is 0 Å². The van der Waals surface area contributed by atoms with Crippen LogP contribution in [0.25, 0.3) is 11.1 Å². The van der Waals surface area contributed by atoms with Crippen LogP contribution in [0.4, 0.5) is 0 Å². The maximum absolute atomic E-state index is 4.26. The van der Waals surface area contributed by atoms with Crippen LogP contribution in [0.3, 0.4) is 0 Å². The average Bonchev–Trinajstić information content (AvgIpc) is 2.20. The third-order valence-electron chi connectivity index (χ3n) is 2.02. The van der Waals surface area contributed by atoms with Crippen molar-refractivity contribution in [2.75, 3.05) is 0 Å². The smallest absolute Gasteiger partial charge is 0.0373 e. The number of pyridine rings is 1. The molecule has 0 bridgehead atoms. The molecule has 1 heterocycles.